The van der Waals surface area contributed by atoms with E-state index in [-0.39, 0.29) is 5.91 Å². The largest absolute Gasteiger partial charge is 0.380 e. The Balaban J connectivity index is 1.77. The quantitative estimate of drug-likeness (QED) is 0.847. The van der Waals surface area contributed by atoms with Gasteiger partial charge in [0.05, 0.1) is 6.61 Å². The molecule has 112 valence electrons. The molecule has 0 radical (unpaired) electrons. The van der Waals surface area contributed by atoms with Gasteiger partial charge in [-0.25, -0.2) is 0 Å². The van der Waals surface area contributed by atoms with Crippen LogP contribution in [0.2, 0.25) is 0 Å². The van der Waals surface area contributed by atoms with Crippen LogP contribution in [-0.2, 0) is 22.6 Å². The Morgan fingerprint density at radius 2 is 2.29 bits per heavy atom. The van der Waals surface area contributed by atoms with E-state index in [0.717, 1.165) is 11.3 Å². The summed E-state index contributed by atoms with van der Waals surface area (Å²) in [6.45, 7) is 2.30. The maximum absolute atomic E-state index is 11.9. The molecule has 0 saturated heterocycles. The lowest BCUT2D eigenvalue weighted by molar-refractivity contribution is -0.116. The molecule has 2 aromatic rings. The fourth-order valence-electron chi connectivity index (χ4n) is 1.97. The van der Waals surface area contributed by atoms with Crippen LogP contribution < -0.4 is 5.32 Å². The van der Waals surface area contributed by atoms with E-state index in [1.54, 1.807) is 14.0 Å². The first-order valence-electron chi connectivity index (χ1n) is 6.84. The number of nitrogens with zero attached hydrogens (tertiary/aromatic N) is 2. The van der Waals surface area contributed by atoms with Gasteiger partial charge in [-0.15, -0.1) is 0 Å². The van der Waals surface area contributed by atoms with Crippen molar-refractivity contribution in [2.24, 2.45) is 0 Å². The highest BCUT2D eigenvalue weighted by atomic mass is 16.5. The van der Waals surface area contributed by atoms with Crippen LogP contribution in [0.1, 0.15) is 30.1 Å². The summed E-state index contributed by atoms with van der Waals surface area (Å²) in [6.07, 6.45) is 1.69. The van der Waals surface area contributed by atoms with E-state index in [0.29, 0.717) is 37.6 Å². The van der Waals surface area contributed by atoms with Gasteiger partial charge in [-0.2, -0.15) is 4.98 Å². The highest BCUT2D eigenvalue weighted by Crippen LogP contribution is 2.12. The molecule has 21 heavy (non-hydrogen) atoms. The number of anilines is 1. The normalized spacial score (nSPS) is 10.6. The van der Waals surface area contributed by atoms with Crippen molar-refractivity contribution in [1.29, 1.82) is 0 Å². The fourth-order valence-corrected chi connectivity index (χ4v) is 1.97. The summed E-state index contributed by atoms with van der Waals surface area (Å²) in [7, 11) is 1.64. The number of carbonyl (C=O) groups excluding carboxylic acids is 1. The number of benzene rings is 1. The van der Waals surface area contributed by atoms with Gasteiger partial charge < -0.3 is 14.6 Å². The Morgan fingerprint density at radius 3 is 3.00 bits per heavy atom. The van der Waals surface area contributed by atoms with E-state index >= 15 is 0 Å². The monoisotopic (exact) mass is 289 g/mol. The summed E-state index contributed by atoms with van der Waals surface area (Å²) < 4.78 is 10.1. The molecular formula is C15H19N3O3. The molecule has 2 rings (SSSR count). The molecule has 0 bridgehead atoms. The third-order valence-corrected chi connectivity index (χ3v) is 2.89. The van der Waals surface area contributed by atoms with Gasteiger partial charge in [-0.3, -0.25) is 4.79 Å². The second-order valence-electron chi connectivity index (χ2n) is 4.77. The summed E-state index contributed by atoms with van der Waals surface area (Å²) in [5.74, 6) is 1.16. The SMILES string of the molecule is COCc1cccc(NC(=O)CCCc2nc(C)no2)c1. The highest BCUT2D eigenvalue weighted by Gasteiger charge is 2.06. The molecule has 0 aliphatic carbocycles. The number of aryl methyl sites for hydroxylation is 2. The molecular weight excluding hydrogens is 270 g/mol. The van der Waals surface area contributed by atoms with Crippen LogP contribution >= 0.6 is 0 Å². The van der Waals surface area contributed by atoms with Crippen molar-refractivity contribution >= 4 is 11.6 Å². The molecule has 0 saturated carbocycles. The topological polar surface area (TPSA) is 77.2 Å². The molecule has 0 aliphatic heterocycles. The summed E-state index contributed by atoms with van der Waals surface area (Å²) in [6, 6.07) is 7.61. The van der Waals surface area contributed by atoms with Crippen LogP contribution in [0.3, 0.4) is 0 Å². The minimum Gasteiger partial charge on any atom is -0.380 e. The molecule has 0 atom stereocenters. The predicted molar refractivity (Wildman–Crippen MR) is 77.8 cm³/mol. The fraction of sp³-hybridized carbons (Fsp3) is 0.400. The second-order valence-corrected chi connectivity index (χ2v) is 4.77. The molecule has 0 spiro atoms. The van der Waals surface area contributed by atoms with E-state index in [1.807, 2.05) is 24.3 Å². The van der Waals surface area contributed by atoms with Crippen LogP contribution in [0.15, 0.2) is 28.8 Å². The van der Waals surface area contributed by atoms with Crippen LogP contribution in [0.25, 0.3) is 0 Å². The molecule has 0 unspecified atom stereocenters. The first-order valence-corrected chi connectivity index (χ1v) is 6.84. The van der Waals surface area contributed by atoms with Gasteiger partial charge in [-0.05, 0) is 31.0 Å². The van der Waals surface area contributed by atoms with Gasteiger partial charge in [0, 0.05) is 25.6 Å². The number of rotatable bonds is 7. The molecule has 1 aromatic heterocycles. The van der Waals surface area contributed by atoms with Crippen molar-refractivity contribution in [3.05, 3.63) is 41.5 Å². The predicted octanol–water partition coefficient (Wildman–Crippen LogP) is 2.49. The first-order chi connectivity index (χ1) is 10.2. The minimum absolute atomic E-state index is 0.0270. The Morgan fingerprint density at radius 1 is 1.43 bits per heavy atom. The maximum Gasteiger partial charge on any atom is 0.226 e. The molecule has 1 heterocycles. The van der Waals surface area contributed by atoms with Crippen molar-refractivity contribution in [3.63, 3.8) is 0 Å². The zero-order valence-electron chi connectivity index (χ0n) is 12.3. The summed E-state index contributed by atoms with van der Waals surface area (Å²) in [5.41, 5.74) is 1.81. The molecule has 0 fully saturated rings. The summed E-state index contributed by atoms with van der Waals surface area (Å²) in [4.78, 5) is 16.0. The number of aromatic nitrogens is 2. The van der Waals surface area contributed by atoms with Crippen molar-refractivity contribution in [2.75, 3.05) is 12.4 Å². The van der Waals surface area contributed by atoms with Gasteiger partial charge in [-0.1, -0.05) is 17.3 Å². The Labute approximate surface area is 123 Å². The summed E-state index contributed by atoms with van der Waals surface area (Å²) in [5, 5.41) is 6.58. The summed E-state index contributed by atoms with van der Waals surface area (Å²) >= 11 is 0. The van der Waals surface area contributed by atoms with Crippen LogP contribution in [0.4, 0.5) is 5.69 Å². The lowest BCUT2D eigenvalue weighted by Crippen LogP contribution is -2.11. The van der Waals surface area contributed by atoms with Gasteiger partial charge in [0.1, 0.15) is 0 Å². The zero-order valence-corrected chi connectivity index (χ0v) is 12.3. The standard InChI is InChI=1S/C15H19N3O3/c1-11-16-15(21-18-11)8-4-7-14(19)17-13-6-3-5-12(9-13)10-20-2/h3,5-6,9H,4,7-8,10H2,1-2H3,(H,17,19). The zero-order chi connectivity index (χ0) is 15.1. The molecule has 1 aromatic carbocycles. The van der Waals surface area contributed by atoms with Crippen molar-refractivity contribution in [1.82, 2.24) is 10.1 Å². The van der Waals surface area contributed by atoms with E-state index in [4.69, 9.17) is 9.26 Å². The van der Waals surface area contributed by atoms with E-state index in [2.05, 4.69) is 15.5 Å². The number of amides is 1. The number of carbonyl (C=O) groups is 1. The van der Waals surface area contributed by atoms with E-state index in [1.165, 1.54) is 0 Å². The van der Waals surface area contributed by atoms with Gasteiger partial charge in [0.15, 0.2) is 5.82 Å². The van der Waals surface area contributed by atoms with Crippen molar-refractivity contribution in [2.45, 2.75) is 32.8 Å². The average molecular weight is 289 g/mol. The third kappa shape index (κ3) is 5.00. The van der Waals surface area contributed by atoms with Gasteiger partial charge in [0.2, 0.25) is 11.8 Å². The van der Waals surface area contributed by atoms with Gasteiger partial charge >= 0.3 is 0 Å². The Hall–Kier alpha value is -2.21. The first kappa shape index (κ1) is 15.2. The third-order valence-electron chi connectivity index (χ3n) is 2.89. The lowest BCUT2D eigenvalue weighted by atomic mass is 10.2. The van der Waals surface area contributed by atoms with Crippen LogP contribution in [0.5, 0.6) is 0 Å². The molecule has 0 aliphatic rings. The number of hydrogen-bond acceptors (Lipinski definition) is 5. The molecule has 6 nitrogen and oxygen atoms in total. The van der Waals surface area contributed by atoms with Crippen molar-refractivity contribution in [3.8, 4) is 0 Å². The molecule has 1 amide bonds. The number of methoxy groups -OCH3 is 1. The Kier molecular flexibility index (Phi) is 5.45. The maximum atomic E-state index is 11.9. The smallest absolute Gasteiger partial charge is 0.226 e. The number of ether oxygens (including phenoxy) is 1. The molecule has 1 N–H and O–H groups in total. The van der Waals surface area contributed by atoms with Crippen LogP contribution in [-0.4, -0.2) is 23.2 Å². The minimum atomic E-state index is -0.0270. The highest BCUT2D eigenvalue weighted by molar-refractivity contribution is 5.90. The van der Waals surface area contributed by atoms with E-state index in [9.17, 15) is 4.79 Å². The lowest BCUT2D eigenvalue weighted by Gasteiger charge is -2.06. The van der Waals surface area contributed by atoms with E-state index < -0.39 is 0 Å². The van der Waals surface area contributed by atoms with Gasteiger partial charge in [0.25, 0.3) is 0 Å². The second kappa shape index (κ2) is 7.54. The van der Waals surface area contributed by atoms with Crippen LogP contribution in [0, 0.1) is 6.92 Å². The van der Waals surface area contributed by atoms with Crippen molar-refractivity contribution < 1.29 is 14.1 Å². The average Bonchev–Trinajstić information content (AvgIpc) is 2.85. The number of hydrogen-bond donors (Lipinski definition) is 1. The number of nitrogens with one attached hydrogen (secondary N) is 1. The Bertz CT molecular complexity index is 595. The molecule has 6 heteroatoms.